The van der Waals surface area contributed by atoms with Crippen molar-refractivity contribution >= 4 is 27.7 Å². The lowest BCUT2D eigenvalue weighted by Gasteiger charge is -1.94. The van der Waals surface area contributed by atoms with E-state index in [9.17, 15) is 0 Å². The number of hydrogen-bond donors (Lipinski definition) is 0. The van der Waals surface area contributed by atoms with Gasteiger partial charge in [0.25, 0.3) is 0 Å². The Labute approximate surface area is 81.7 Å². The average Bonchev–Trinajstić information content (AvgIpc) is 2.63. The number of nitrogens with zero attached hydrogens (tertiary/aromatic N) is 4. The lowest BCUT2D eigenvalue weighted by atomic mass is 10.5. The fourth-order valence-electron chi connectivity index (χ4n) is 0.844. The molecule has 0 aliphatic carbocycles. The smallest absolute Gasteiger partial charge is 0.0957 e. The van der Waals surface area contributed by atoms with Crippen LogP contribution in [0, 0.1) is 0 Å². The molecule has 0 atom stereocenters. The maximum Gasteiger partial charge on any atom is 0.0957 e. The maximum absolute atomic E-state index is 4.10. The second-order valence-electron chi connectivity index (χ2n) is 2.25. The Hall–Kier alpha value is -0.750. The molecule has 0 unspecified atom stereocenters. The molecular weight excluding hydrogens is 240 g/mol. The molecule has 12 heavy (non-hydrogen) atoms. The van der Waals surface area contributed by atoms with E-state index in [1.54, 1.807) is 17.1 Å². The zero-order valence-corrected chi connectivity index (χ0v) is 8.42. The van der Waals surface area contributed by atoms with Crippen molar-refractivity contribution in [3.05, 3.63) is 28.8 Å². The molecule has 0 aliphatic heterocycles. The molecule has 0 fully saturated rings. The molecule has 0 aromatic carbocycles. The zero-order valence-electron chi connectivity index (χ0n) is 6.01. The minimum absolute atomic E-state index is 0.683. The van der Waals surface area contributed by atoms with Gasteiger partial charge in [0.1, 0.15) is 0 Å². The van der Waals surface area contributed by atoms with Crippen molar-refractivity contribution < 1.29 is 0 Å². The highest BCUT2D eigenvalue weighted by atomic mass is 79.9. The van der Waals surface area contributed by atoms with Crippen molar-refractivity contribution in [1.29, 1.82) is 0 Å². The minimum atomic E-state index is 0.683. The Morgan fingerprint density at radius 2 is 2.42 bits per heavy atom. The Bertz CT molecular complexity index is 355. The van der Waals surface area contributed by atoms with E-state index in [-0.39, 0.29) is 0 Å². The summed E-state index contributed by atoms with van der Waals surface area (Å²) < 4.78 is 10.8. The predicted molar refractivity (Wildman–Crippen MR) is 48.9 cm³/mol. The van der Waals surface area contributed by atoms with Crippen LogP contribution < -0.4 is 0 Å². The van der Waals surface area contributed by atoms with Crippen LogP contribution in [0.15, 0.2) is 23.1 Å². The van der Waals surface area contributed by atoms with Crippen LogP contribution in [-0.2, 0) is 6.54 Å². The van der Waals surface area contributed by atoms with E-state index in [0.29, 0.717) is 6.54 Å². The van der Waals surface area contributed by atoms with Crippen molar-refractivity contribution in [2.24, 2.45) is 0 Å². The first kappa shape index (κ1) is 7.88. The number of rotatable bonds is 2. The molecule has 0 saturated carbocycles. The summed E-state index contributed by atoms with van der Waals surface area (Å²) in [4.78, 5) is 0. The molecular formula is C6H5BrN4S. The van der Waals surface area contributed by atoms with Gasteiger partial charge in [-0.15, -0.1) is 0 Å². The normalized spacial score (nSPS) is 10.4. The van der Waals surface area contributed by atoms with Crippen molar-refractivity contribution in [3.63, 3.8) is 0 Å². The van der Waals surface area contributed by atoms with E-state index in [4.69, 9.17) is 0 Å². The summed E-state index contributed by atoms with van der Waals surface area (Å²) in [5, 5.41) is 4.10. The Morgan fingerprint density at radius 3 is 3.00 bits per heavy atom. The molecule has 4 nitrogen and oxygen atoms in total. The summed E-state index contributed by atoms with van der Waals surface area (Å²) in [5.74, 6) is 0. The third kappa shape index (κ3) is 1.70. The first-order chi connectivity index (χ1) is 5.84. The third-order valence-corrected chi connectivity index (χ3v) is 2.26. The highest BCUT2D eigenvalue weighted by molar-refractivity contribution is 9.10. The van der Waals surface area contributed by atoms with Gasteiger partial charge in [0.15, 0.2) is 0 Å². The molecule has 0 spiro atoms. The van der Waals surface area contributed by atoms with Crippen LogP contribution in [0.5, 0.6) is 0 Å². The van der Waals surface area contributed by atoms with E-state index in [1.165, 1.54) is 11.7 Å². The zero-order chi connectivity index (χ0) is 8.39. The maximum atomic E-state index is 4.10. The molecule has 0 amide bonds. The van der Waals surface area contributed by atoms with E-state index >= 15 is 0 Å². The summed E-state index contributed by atoms with van der Waals surface area (Å²) in [5.41, 5.74) is 0.940. The molecule has 2 rings (SSSR count). The van der Waals surface area contributed by atoms with Gasteiger partial charge in [-0.25, -0.2) is 0 Å². The molecule has 62 valence electrons. The number of hydrogen-bond acceptors (Lipinski definition) is 4. The van der Waals surface area contributed by atoms with E-state index in [0.717, 1.165) is 10.2 Å². The van der Waals surface area contributed by atoms with Crippen LogP contribution >= 0.6 is 27.7 Å². The Morgan fingerprint density at radius 1 is 1.50 bits per heavy atom. The highest BCUT2D eigenvalue weighted by Crippen LogP contribution is 2.07. The van der Waals surface area contributed by atoms with Gasteiger partial charge in [-0.05, 0) is 15.9 Å². The molecule has 0 aliphatic rings. The molecule has 0 radical (unpaired) electrons. The van der Waals surface area contributed by atoms with Gasteiger partial charge in [0.2, 0.25) is 0 Å². The first-order valence-corrected chi connectivity index (χ1v) is 4.81. The summed E-state index contributed by atoms with van der Waals surface area (Å²) in [6.07, 6.45) is 5.40. The lowest BCUT2D eigenvalue weighted by Crippen LogP contribution is -1.99. The summed E-state index contributed by atoms with van der Waals surface area (Å²) in [7, 11) is 0. The van der Waals surface area contributed by atoms with Crippen molar-refractivity contribution in [2.45, 2.75) is 6.54 Å². The Balaban J connectivity index is 2.14. The fourth-order valence-corrected chi connectivity index (χ4v) is 1.60. The van der Waals surface area contributed by atoms with Crippen molar-refractivity contribution in [1.82, 2.24) is 18.5 Å². The van der Waals surface area contributed by atoms with Crippen molar-refractivity contribution in [2.75, 3.05) is 0 Å². The van der Waals surface area contributed by atoms with Gasteiger partial charge in [0.05, 0.1) is 40.8 Å². The highest BCUT2D eigenvalue weighted by Gasteiger charge is 1.98. The molecule has 2 heterocycles. The standard InChI is InChI=1S/C6H5BrN4S/c7-5-1-8-11(3-5)4-6-2-9-12-10-6/h1-3H,4H2. The van der Waals surface area contributed by atoms with Crippen LogP contribution in [0.2, 0.25) is 0 Å². The van der Waals surface area contributed by atoms with Gasteiger partial charge in [-0.2, -0.15) is 13.8 Å². The molecule has 2 aromatic heterocycles. The predicted octanol–water partition coefficient (Wildman–Crippen LogP) is 1.55. The molecule has 0 bridgehead atoms. The van der Waals surface area contributed by atoms with Crippen LogP contribution in [0.25, 0.3) is 0 Å². The van der Waals surface area contributed by atoms with Gasteiger partial charge in [0, 0.05) is 6.20 Å². The molecule has 0 saturated heterocycles. The monoisotopic (exact) mass is 244 g/mol. The SMILES string of the molecule is Brc1cnn(Cc2cnsn2)c1. The topological polar surface area (TPSA) is 43.6 Å². The van der Waals surface area contributed by atoms with Crippen LogP contribution in [0.3, 0.4) is 0 Å². The average molecular weight is 245 g/mol. The lowest BCUT2D eigenvalue weighted by molar-refractivity contribution is 0.677. The number of aromatic nitrogens is 4. The second-order valence-corrected chi connectivity index (χ2v) is 3.73. The molecule has 0 N–H and O–H groups in total. The Kier molecular flexibility index (Phi) is 2.18. The first-order valence-electron chi connectivity index (χ1n) is 3.29. The van der Waals surface area contributed by atoms with E-state index < -0.39 is 0 Å². The van der Waals surface area contributed by atoms with Gasteiger partial charge >= 0.3 is 0 Å². The largest absolute Gasteiger partial charge is 0.265 e. The van der Waals surface area contributed by atoms with Gasteiger partial charge in [-0.3, -0.25) is 4.68 Å². The quantitative estimate of drug-likeness (QED) is 0.806. The van der Waals surface area contributed by atoms with E-state index in [1.807, 2.05) is 6.20 Å². The summed E-state index contributed by atoms with van der Waals surface area (Å²) >= 11 is 4.53. The van der Waals surface area contributed by atoms with Crippen molar-refractivity contribution in [3.8, 4) is 0 Å². The minimum Gasteiger partial charge on any atom is -0.265 e. The van der Waals surface area contributed by atoms with Gasteiger partial charge < -0.3 is 0 Å². The molecule has 6 heteroatoms. The third-order valence-electron chi connectivity index (χ3n) is 1.33. The summed E-state index contributed by atoms with van der Waals surface area (Å²) in [6.45, 7) is 0.683. The summed E-state index contributed by atoms with van der Waals surface area (Å²) in [6, 6.07) is 0. The van der Waals surface area contributed by atoms with Crippen LogP contribution in [0.1, 0.15) is 5.69 Å². The molecule has 2 aromatic rings. The van der Waals surface area contributed by atoms with E-state index in [2.05, 4.69) is 29.8 Å². The van der Waals surface area contributed by atoms with Crippen LogP contribution in [0.4, 0.5) is 0 Å². The van der Waals surface area contributed by atoms with Crippen LogP contribution in [-0.4, -0.2) is 18.5 Å². The second kappa shape index (κ2) is 3.32. The fraction of sp³-hybridized carbons (Fsp3) is 0.167. The van der Waals surface area contributed by atoms with Gasteiger partial charge in [-0.1, -0.05) is 0 Å². The number of halogens is 1.